The zero-order chi connectivity index (χ0) is 9.97. The number of pyridine rings is 1. The molecule has 2 aromatic heterocycles. The summed E-state index contributed by atoms with van der Waals surface area (Å²) in [6.45, 7) is 2.32. The summed E-state index contributed by atoms with van der Waals surface area (Å²) in [5.41, 5.74) is 0.935. The fraction of sp³-hybridized carbons (Fsp3) is 0.200. The van der Waals surface area contributed by atoms with Crippen LogP contribution >= 0.6 is 0 Å². The highest BCUT2D eigenvalue weighted by Gasteiger charge is 2.00. The molecule has 2 aromatic rings. The summed E-state index contributed by atoms with van der Waals surface area (Å²) in [5, 5.41) is 3.58. The summed E-state index contributed by atoms with van der Waals surface area (Å²) in [4.78, 5) is 11.5. The molecule has 2 rings (SSSR count). The molecule has 0 saturated heterocycles. The van der Waals surface area contributed by atoms with Crippen LogP contribution in [0, 0.1) is 6.92 Å². The molecule has 0 fully saturated rings. The van der Waals surface area contributed by atoms with Gasteiger partial charge in [-0.25, -0.2) is 0 Å². The van der Waals surface area contributed by atoms with Crippen molar-refractivity contribution < 1.29 is 4.52 Å². The molecule has 72 valence electrons. The van der Waals surface area contributed by atoms with E-state index in [4.69, 9.17) is 4.52 Å². The third-order valence-electron chi connectivity index (χ3n) is 1.97. The summed E-state index contributed by atoms with van der Waals surface area (Å²) in [5.74, 6) is 0.677. The van der Waals surface area contributed by atoms with Crippen molar-refractivity contribution in [1.29, 1.82) is 0 Å². The number of hydrogen-bond donors (Lipinski definition) is 0. The Morgan fingerprint density at radius 2 is 2.36 bits per heavy atom. The van der Waals surface area contributed by atoms with Gasteiger partial charge in [0.25, 0.3) is 5.56 Å². The molecule has 0 amide bonds. The van der Waals surface area contributed by atoms with Gasteiger partial charge in [0.05, 0.1) is 12.7 Å². The van der Waals surface area contributed by atoms with Gasteiger partial charge < -0.3 is 9.09 Å². The average Bonchev–Trinajstić information content (AvgIpc) is 2.62. The van der Waals surface area contributed by atoms with Crippen LogP contribution in [-0.4, -0.2) is 9.72 Å². The molecule has 0 atom stereocenters. The van der Waals surface area contributed by atoms with Crippen LogP contribution in [0.15, 0.2) is 39.9 Å². The number of nitrogens with zero attached hydrogens (tertiary/aromatic N) is 2. The molecule has 0 bridgehead atoms. The Morgan fingerprint density at radius 3 is 3.00 bits per heavy atom. The van der Waals surface area contributed by atoms with Crippen LogP contribution in [-0.2, 0) is 6.54 Å². The minimum absolute atomic E-state index is 0.0265. The lowest BCUT2D eigenvalue weighted by Crippen LogP contribution is -2.18. The second-order valence-electron chi connectivity index (χ2n) is 3.15. The summed E-state index contributed by atoms with van der Waals surface area (Å²) < 4.78 is 6.49. The fourth-order valence-corrected chi connectivity index (χ4v) is 1.23. The van der Waals surface area contributed by atoms with E-state index in [1.165, 1.54) is 0 Å². The minimum atomic E-state index is -0.0265. The third-order valence-corrected chi connectivity index (χ3v) is 1.97. The first-order valence-corrected chi connectivity index (χ1v) is 4.32. The molecule has 0 aliphatic rings. The van der Waals surface area contributed by atoms with Gasteiger partial charge in [0.15, 0.2) is 5.76 Å². The van der Waals surface area contributed by atoms with Gasteiger partial charge in [-0.1, -0.05) is 5.16 Å². The standard InChI is InChI=1S/C10H10N2O2/c1-8-3-5-12(10(13)6-8)7-9-2-4-11-14-9/h2-6H,7H2,1H3. The van der Waals surface area contributed by atoms with Crippen molar-refractivity contribution in [2.45, 2.75) is 13.5 Å². The zero-order valence-electron chi connectivity index (χ0n) is 7.80. The lowest BCUT2D eigenvalue weighted by atomic mass is 10.3. The van der Waals surface area contributed by atoms with Crippen molar-refractivity contribution in [1.82, 2.24) is 9.72 Å². The summed E-state index contributed by atoms with van der Waals surface area (Å²) in [7, 11) is 0. The number of aryl methyl sites for hydroxylation is 1. The summed E-state index contributed by atoms with van der Waals surface area (Å²) in [6.07, 6.45) is 3.31. The van der Waals surface area contributed by atoms with E-state index in [2.05, 4.69) is 5.16 Å². The van der Waals surface area contributed by atoms with E-state index in [9.17, 15) is 4.79 Å². The van der Waals surface area contributed by atoms with Gasteiger partial charge >= 0.3 is 0 Å². The lowest BCUT2D eigenvalue weighted by molar-refractivity contribution is 0.375. The first kappa shape index (κ1) is 8.74. The maximum Gasteiger partial charge on any atom is 0.251 e. The van der Waals surface area contributed by atoms with Crippen molar-refractivity contribution >= 4 is 0 Å². The van der Waals surface area contributed by atoms with Gasteiger partial charge in [0.1, 0.15) is 0 Å². The predicted molar refractivity (Wildman–Crippen MR) is 51.0 cm³/mol. The van der Waals surface area contributed by atoms with Gasteiger partial charge in [0, 0.05) is 18.3 Å². The SMILES string of the molecule is Cc1ccn(Cc2ccno2)c(=O)c1. The number of rotatable bonds is 2. The molecule has 0 aliphatic heterocycles. The minimum Gasteiger partial charge on any atom is -0.359 e. The fourth-order valence-electron chi connectivity index (χ4n) is 1.23. The van der Waals surface area contributed by atoms with Crippen LogP contribution in [0.5, 0.6) is 0 Å². The zero-order valence-corrected chi connectivity index (χ0v) is 7.80. The van der Waals surface area contributed by atoms with E-state index in [1.54, 1.807) is 29.1 Å². The van der Waals surface area contributed by atoms with E-state index in [0.29, 0.717) is 12.3 Å². The Labute approximate surface area is 80.8 Å². The maximum atomic E-state index is 11.5. The van der Waals surface area contributed by atoms with Crippen LogP contribution in [0.1, 0.15) is 11.3 Å². The maximum absolute atomic E-state index is 11.5. The molecule has 0 aromatic carbocycles. The molecule has 0 saturated carbocycles. The monoisotopic (exact) mass is 190 g/mol. The smallest absolute Gasteiger partial charge is 0.251 e. The Bertz CT molecular complexity index is 471. The lowest BCUT2D eigenvalue weighted by Gasteiger charge is -2.01. The largest absolute Gasteiger partial charge is 0.359 e. The Kier molecular flexibility index (Phi) is 2.18. The predicted octanol–water partition coefficient (Wildman–Crippen LogP) is 1.19. The van der Waals surface area contributed by atoms with E-state index in [-0.39, 0.29) is 5.56 Å². The highest BCUT2D eigenvalue weighted by molar-refractivity contribution is 5.09. The van der Waals surface area contributed by atoms with Crippen LogP contribution in [0.4, 0.5) is 0 Å². The van der Waals surface area contributed by atoms with E-state index in [0.717, 1.165) is 5.56 Å². The molecule has 4 nitrogen and oxygen atoms in total. The van der Waals surface area contributed by atoms with Crippen molar-refractivity contribution in [2.75, 3.05) is 0 Å². The first-order chi connectivity index (χ1) is 6.75. The highest BCUT2D eigenvalue weighted by atomic mass is 16.5. The molecule has 0 spiro atoms. The molecule has 2 heterocycles. The molecular formula is C10H10N2O2. The number of hydrogen-bond acceptors (Lipinski definition) is 3. The van der Waals surface area contributed by atoms with Crippen molar-refractivity contribution in [3.05, 3.63) is 52.3 Å². The van der Waals surface area contributed by atoms with E-state index in [1.807, 2.05) is 13.0 Å². The van der Waals surface area contributed by atoms with Gasteiger partial charge in [-0.05, 0) is 18.6 Å². The second kappa shape index (κ2) is 3.49. The summed E-state index contributed by atoms with van der Waals surface area (Å²) >= 11 is 0. The Morgan fingerprint density at radius 1 is 1.50 bits per heavy atom. The summed E-state index contributed by atoms with van der Waals surface area (Å²) in [6, 6.07) is 5.22. The molecule has 0 N–H and O–H groups in total. The van der Waals surface area contributed by atoms with Gasteiger partial charge in [-0.3, -0.25) is 4.79 Å². The van der Waals surface area contributed by atoms with Gasteiger partial charge in [-0.2, -0.15) is 0 Å². The molecule has 4 heteroatoms. The normalized spacial score (nSPS) is 10.4. The second-order valence-corrected chi connectivity index (χ2v) is 3.15. The van der Waals surface area contributed by atoms with E-state index < -0.39 is 0 Å². The van der Waals surface area contributed by atoms with E-state index >= 15 is 0 Å². The number of aromatic nitrogens is 2. The highest BCUT2D eigenvalue weighted by Crippen LogP contribution is 1.99. The first-order valence-electron chi connectivity index (χ1n) is 4.32. The van der Waals surface area contributed by atoms with Crippen LogP contribution < -0.4 is 5.56 Å². The molecular weight excluding hydrogens is 180 g/mol. The van der Waals surface area contributed by atoms with Crippen LogP contribution in [0.3, 0.4) is 0 Å². The van der Waals surface area contributed by atoms with Crippen molar-refractivity contribution in [3.8, 4) is 0 Å². The molecule has 0 radical (unpaired) electrons. The quantitative estimate of drug-likeness (QED) is 0.714. The van der Waals surface area contributed by atoms with Gasteiger partial charge in [0.2, 0.25) is 0 Å². The third kappa shape index (κ3) is 1.74. The van der Waals surface area contributed by atoms with Crippen LogP contribution in [0.2, 0.25) is 0 Å². The molecule has 0 aliphatic carbocycles. The van der Waals surface area contributed by atoms with Gasteiger partial charge in [-0.15, -0.1) is 0 Å². The Balaban J connectivity index is 2.30. The van der Waals surface area contributed by atoms with Crippen molar-refractivity contribution in [2.24, 2.45) is 0 Å². The van der Waals surface area contributed by atoms with Crippen molar-refractivity contribution in [3.63, 3.8) is 0 Å². The Hall–Kier alpha value is -1.84. The van der Waals surface area contributed by atoms with Crippen LogP contribution in [0.25, 0.3) is 0 Å². The topological polar surface area (TPSA) is 48.0 Å². The average molecular weight is 190 g/mol. The molecule has 0 unspecified atom stereocenters. The molecule has 14 heavy (non-hydrogen) atoms.